The van der Waals surface area contributed by atoms with Crippen molar-refractivity contribution in [2.24, 2.45) is 11.7 Å². The van der Waals surface area contributed by atoms with E-state index in [1.807, 2.05) is 0 Å². The van der Waals surface area contributed by atoms with Gasteiger partial charge >= 0.3 is 6.18 Å². The van der Waals surface area contributed by atoms with Crippen LogP contribution in [0.2, 0.25) is 0 Å². The van der Waals surface area contributed by atoms with Gasteiger partial charge in [-0.15, -0.1) is 11.8 Å². The number of nitriles is 1. The van der Waals surface area contributed by atoms with Gasteiger partial charge in [0.15, 0.2) is 0 Å². The summed E-state index contributed by atoms with van der Waals surface area (Å²) < 4.78 is 37.2. The molecule has 1 saturated carbocycles. The molecule has 0 saturated heterocycles. The van der Waals surface area contributed by atoms with Crippen LogP contribution in [0.1, 0.15) is 31.2 Å². The van der Waals surface area contributed by atoms with Gasteiger partial charge in [-0.2, -0.15) is 18.4 Å². The van der Waals surface area contributed by atoms with Crippen molar-refractivity contribution in [3.63, 3.8) is 0 Å². The van der Waals surface area contributed by atoms with Crippen molar-refractivity contribution >= 4 is 11.8 Å². The van der Waals surface area contributed by atoms with Crippen LogP contribution in [0.25, 0.3) is 0 Å². The van der Waals surface area contributed by atoms with Crippen molar-refractivity contribution in [1.29, 1.82) is 5.26 Å². The number of alkyl halides is 3. The van der Waals surface area contributed by atoms with Gasteiger partial charge < -0.3 is 5.73 Å². The molecule has 1 aliphatic carbocycles. The van der Waals surface area contributed by atoms with Crippen LogP contribution in [0, 0.1) is 17.2 Å². The molecule has 7 heteroatoms. The molecule has 0 aromatic carbocycles. The van der Waals surface area contributed by atoms with Crippen molar-refractivity contribution in [3.8, 4) is 6.07 Å². The summed E-state index contributed by atoms with van der Waals surface area (Å²) in [5.41, 5.74) is 4.55. The van der Waals surface area contributed by atoms with Crippen LogP contribution in [-0.4, -0.2) is 16.3 Å². The van der Waals surface area contributed by atoms with Crippen LogP contribution in [0.4, 0.5) is 13.2 Å². The fourth-order valence-corrected chi connectivity index (χ4v) is 3.49. The normalized spacial score (nSPS) is 25.8. The van der Waals surface area contributed by atoms with Crippen LogP contribution >= 0.6 is 11.8 Å². The van der Waals surface area contributed by atoms with E-state index in [4.69, 9.17) is 11.0 Å². The van der Waals surface area contributed by atoms with E-state index in [-0.39, 0.29) is 5.92 Å². The fraction of sp³-hybridized carbons (Fsp3) is 0.571. The number of nitrogens with zero attached hydrogens (tertiary/aromatic N) is 2. The highest BCUT2D eigenvalue weighted by atomic mass is 32.2. The van der Waals surface area contributed by atoms with Gasteiger partial charge in [-0.1, -0.05) is 6.42 Å². The summed E-state index contributed by atoms with van der Waals surface area (Å²) in [6, 6.07) is 4.60. The van der Waals surface area contributed by atoms with Gasteiger partial charge in [0.1, 0.15) is 5.54 Å². The molecule has 2 N–H and O–H groups in total. The van der Waals surface area contributed by atoms with Gasteiger partial charge in [-0.05, 0) is 43.1 Å². The second kappa shape index (κ2) is 6.24. The summed E-state index contributed by atoms with van der Waals surface area (Å²) in [4.78, 5) is 3.81. The number of nitrogens with two attached hydrogens (primary N) is 1. The first-order chi connectivity index (χ1) is 9.85. The zero-order chi connectivity index (χ0) is 15.5. The zero-order valence-electron chi connectivity index (χ0n) is 11.4. The molecule has 114 valence electrons. The molecule has 1 heterocycles. The maximum absolute atomic E-state index is 12.4. The first kappa shape index (κ1) is 16.1. The van der Waals surface area contributed by atoms with E-state index in [9.17, 15) is 13.2 Å². The second-order valence-corrected chi connectivity index (χ2v) is 6.38. The van der Waals surface area contributed by atoms with E-state index in [2.05, 4.69) is 11.1 Å². The zero-order valence-corrected chi connectivity index (χ0v) is 12.2. The second-order valence-electron chi connectivity index (χ2n) is 5.26. The van der Waals surface area contributed by atoms with Crippen molar-refractivity contribution < 1.29 is 13.2 Å². The molecule has 1 aromatic rings. The Kier molecular flexibility index (Phi) is 4.79. The van der Waals surface area contributed by atoms with Crippen LogP contribution < -0.4 is 5.73 Å². The third kappa shape index (κ3) is 3.89. The molecule has 1 fully saturated rings. The third-order valence-electron chi connectivity index (χ3n) is 3.86. The monoisotopic (exact) mass is 315 g/mol. The van der Waals surface area contributed by atoms with E-state index >= 15 is 0 Å². The van der Waals surface area contributed by atoms with Gasteiger partial charge in [0.2, 0.25) is 0 Å². The Morgan fingerprint density at radius 1 is 1.48 bits per heavy atom. The van der Waals surface area contributed by atoms with Gasteiger partial charge in [0.05, 0.1) is 16.7 Å². The minimum absolute atomic E-state index is 0.157. The Hall–Kier alpha value is -1.26. The average Bonchev–Trinajstić information content (AvgIpc) is 2.81. The number of aromatic nitrogens is 1. The average molecular weight is 315 g/mol. The summed E-state index contributed by atoms with van der Waals surface area (Å²) in [7, 11) is 0. The molecule has 0 radical (unpaired) electrons. The molecule has 1 aromatic heterocycles. The molecule has 1 aliphatic rings. The Morgan fingerprint density at radius 2 is 2.24 bits per heavy atom. The Morgan fingerprint density at radius 3 is 2.81 bits per heavy atom. The van der Waals surface area contributed by atoms with Gasteiger partial charge in [-0.3, -0.25) is 0 Å². The lowest BCUT2D eigenvalue weighted by molar-refractivity contribution is -0.137. The number of rotatable bonds is 4. The lowest BCUT2D eigenvalue weighted by Gasteiger charge is -2.23. The molecule has 0 amide bonds. The topological polar surface area (TPSA) is 62.7 Å². The number of halogens is 3. The molecule has 0 bridgehead atoms. The summed E-state index contributed by atoms with van der Waals surface area (Å²) in [5.74, 6) is 0.855. The predicted octanol–water partition coefficient (Wildman–Crippen LogP) is 3.60. The highest BCUT2D eigenvalue weighted by molar-refractivity contribution is 7.99. The van der Waals surface area contributed by atoms with Crippen LogP contribution in [0.3, 0.4) is 0 Å². The molecular weight excluding hydrogens is 299 g/mol. The molecule has 2 atom stereocenters. The number of hydrogen-bond acceptors (Lipinski definition) is 4. The SMILES string of the molecule is N#CC1(N)CCCC1CCSc1ccc(C(F)(F)F)cn1. The number of pyridine rings is 1. The highest BCUT2D eigenvalue weighted by Gasteiger charge is 2.39. The summed E-state index contributed by atoms with van der Waals surface area (Å²) in [5, 5.41) is 9.67. The highest BCUT2D eigenvalue weighted by Crippen LogP contribution is 2.37. The van der Waals surface area contributed by atoms with E-state index in [1.54, 1.807) is 0 Å². The minimum Gasteiger partial charge on any atom is -0.313 e. The largest absolute Gasteiger partial charge is 0.417 e. The van der Waals surface area contributed by atoms with E-state index in [0.717, 1.165) is 37.9 Å². The van der Waals surface area contributed by atoms with Gasteiger partial charge in [0.25, 0.3) is 0 Å². The van der Waals surface area contributed by atoms with Gasteiger partial charge in [-0.25, -0.2) is 4.98 Å². The van der Waals surface area contributed by atoms with Gasteiger partial charge in [0, 0.05) is 6.20 Å². The quantitative estimate of drug-likeness (QED) is 0.862. The fourth-order valence-electron chi connectivity index (χ4n) is 2.59. The smallest absolute Gasteiger partial charge is 0.313 e. The van der Waals surface area contributed by atoms with Crippen molar-refractivity contribution in [2.75, 3.05) is 5.75 Å². The molecule has 21 heavy (non-hydrogen) atoms. The first-order valence-electron chi connectivity index (χ1n) is 6.71. The Labute approximate surface area is 125 Å². The molecular formula is C14H16F3N3S. The predicted molar refractivity (Wildman–Crippen MR) is 74.5 cm³/mol. The van der Waals surface area contributed by atoms with E-state index in [1.165, 1.54) is 17.8 Å². The van der Waals surface area contributed by atoms with Crippen LogP contribution in [0.15, 0.2) is 23.4 Å². The lowest BCUT2D eigenvalue weighted by atomic mass is 9.88. The van der Waals surface area contributed by atoms with Crippen LogP contribution in [-0.2, 0) is 6.18 Å². The summed E-state index contributed by atoms with van der Waals surface area (Å²) in [6.07, 6.45) is -0.121. The maximum Gasteiger partial charge on any atom is 0.417 e. The molecule has 0 aliphatic heterocycles. The molecule has 2 rings (SSSR count). The number of thioether (sulfide) groups is 1. The van der Waals surface area contributed by atoms with Crippen molar-refractivity contribution in [2.45, 2.75) is 42.4 Å². The van der Waals surface area contributed by atoms with Crippen LogP contribution in [0.5, 0.6) is 0 Å². The first-order valence-corrected chi connectivity index (χ1v) is 7.70. The van der Waals surface area contributed by atoms with Crippen molar-refractivity contribution in [3.05, 3.63) is 23.9 Å². The van der Waals surface area contributed by atoms with E-state index in [0.29, 0.717) is 10.8 Å². The summed E-state index contributed by atoms with van der Waals surface area (Å²) in [6.45, 7) is 0. The lowest BCUT2D eigenvalue weighted by Crippen LogP contribution is -2.41. The standard InChI is InChI=1S/C14H16F3N3S/c15-14(16,17)11-3-4-12(20-8-11)21-7-5-10-2-1-6-13(10,19)9-18/h3-4,8,10H,1-2,5-7,19H2. The molecule has 3 nitrogen and oxygen atoms in total. The minimum atomic E-state index is -4.36. The van der Waals surface area contributed by atoms with E-state index < -0.39 is 17.3 Å². The Bertz CT molecular complexity index is 524. The van der Waals surface area contributed by atoms with Crippen molar-refractivity contribution in [1.82, 2.24) is 4.98 Å². The Balaban J connectivity index is 1.86. The maximum atomic E-state index is 12.4. The molecule has 2 unspecified atom stereocenters. The summed E-state index contributed by atoms with van der Waals surface area (Å²) >= 11 is 1.39. The number of hydrogen-bond donors (Lipinski definition) is 1. The molecule has 0 spiro atoms. The third-order valence-corrected chi connectivity index (χ3v) is 4.84.